The molecule has 0 radical (unpaired) electrons. The first-order chi connectivity index (χ1) is 16.0. The minimum absolute atomic E-state index is 0.0143. The highest BCUT2D eigenvalue weighted by atomic mass is 35.5. The number of fused-ring (bicyclic) bond motifs is 1. The van der Waals surface area contributed by atoms with Crippen LogP contribution in [0.2, 0.25) is 10.0 Å². The van der Waals surface area contributed by atoms with Crippen LogP contribution in [0.4, 0.5) is 15.9 Å². The third-order valence-electron chi connectivity index (χ3n) is 5.21. The summed E-state index contributed by atoms with van der Waals surface area (Å²) in [5.41, 5.74) is 0.641. The van der Waals surface area contributed by atoms with Gasteiger partial charge in [-0.15, -0.1) is 0 Å². The minimum atomic E-state index is -0.687. The second-order valence-corrected chi connectivity index (χ2v) is 8.20. The number of halogens is 3. The van der Waals surface area contributed by atoms with Gasteiger partial charge >= 0.3 is 0 Å². The van der Waals surface area contributed by atoms with E-state index < -0.39 is 5.82 Å². The Balaban J connectivity index is 1.72. The van der Waals surface area contributed by atoms with Crippen molar-refractivity contribution in [3.63, 3.8) is 0 Å². The fourth-order valence-corrected chi connectivity index (χ4v) is 3.74. The molecule has 2 heterocycles. The molecule has 3 N–H and O–H groups in total. The molecule has 1 amide bonds. The van der Waals surface area contributed by atoms with Crippen LogP contribution in [0.15, 0.2) is 30.6 Å². The molecule has 0 spiro atoms. The largest absolute Gasteiger partial charge is 0.486 e. The number of aromatic nitrogens is 2. The molecule has 0 bridgehead atoms. The van der Waals surface area contributed by atoms with Crippen molar-refractivity contribution >= 4 is 51.5 Å². The van der Waals surface area contributed by atoms with Gasteiger partial charge in [0, 0.05) is 18.5 Å². The number of carbonyl (C=O) groups is 1. The van der Waals surface area contributed by atoms with E-state index in [1.807, 2.05) is 0 Å². The van der Waals surface area contributed by atoms with Crippen LogP contribution >= 0.6 is 23.2 Å². The number of hydrogen-bond acceptors (Lipinski definition) is 7. The molecule has 1 fully saturated rings. The van der Waals surface area contributed by atoms with Crippen LogP contribution in [-0.2, 0) is 4.79 Å². The van der Waals surface area contributed by atoms with Crippen LogP contribution in [0.5, 0.6) is 11.5 Å². The van der Waals surface area contributed by atoms with Gasteiger partial charge in [-0.05, 0) is 44.1 Å². The Bertz CT molecular complexity index is 1170. The van der Waals surface area contributed by atoms with E-state index in [4.69, 9.17) is 32.7 Å². The Labute approximate surface area is 199 Å². The van der Waals surface area contributed by atoms with Crippen LogP contribution in [0.25, 0.3) is 10.9 Å². The van der Waals surface area contributed by atoms with E-state index in [0.717, 1.165) is 25.9 Å². The average Bonchev–Trinajstić information content (AvgIpc) is 2.83. The van der Waals surface area contributed by atoms with Crippen LogP contribution in [-0.4, -0.2) is 48.7 Å². The van der Waals surface area contributed by atoms with Crippen LogP contribution < -0.4 is 25.4 Å². The SMILES string of the molecule is CNC(=O)COc1cc2ncnc(Nc3ccc(Cl)c(Cl)c3F)c2cc1OC1CCNCC1. The number of nitrogens with one attached hydrogen (secondary N) is 3. The molecule has 1 aromatic heterocycles. The lowest BCUT2D eigenvalue weighted by Gasteiger charge is -2.25. The van der Waals surface area contributed by atoms with Crippen LogP contribution in [0, 0.1) is 5.82 Å². The predicted molar refractivity (Wildman–Crippen MR) is 125 cm³/mol. The number of likely N-dealkylation sites (N-methyl/N-ethyl adjacent to an activating group) is 1. The minimum Gasteiger partial charge on any atom is -0.486 e. The first kappa shape index (κ1) is 23.3. The maximum atomic E-state index is 14.6. The van der Waals surface area contributed by atoms with Crippen molar-refractivity contribution in [2.24, 2.45) is 0 Å². The molecule has 1 aliphatic rings. The number of rotatable bonds is 7. The maximum Gasteiger partial charge on any atom is 0.257 e. The van der Waals surface area contributed by atoms with Crippen molar-refractivity contribution in [1.82, 2.24) is 20.6 Å². The smallest absolute Gasteiger partial charge is 0.257 e. The fourth-order valence-electron chi connectivity index (χ4n) is 3.43. The topological polar surface area (TPSA) is 97.4 Å². The zero-order valence-electron chi connectivity index (χ0n) is 17.8. The molecular formula is C22H22Cl2FN5O3. The quantitative estimate of drug-likeness (QED) is 0.426. The van der Waals surface area contributed by atoms with E-state index in [-0.39, 0.29) is 34.4 Å². The molecular weight excluding hydrogens is 472 g/mol. The number of piperidine rings is 1. The lowest BCUT2D eigenvalue weighted by Crippen LogP contribution is -2.34. The van der Waals surface area contributed by atoms with Gasteiger partial charge in [-0.25, -0.2) is 14.4 Å². The normalized spacial score (nSPS) is 14.2. The van der Waals surface area contributed by atoms with Gasteiger partial charge in [-0.3, -0.25) is 4.79 Å². The van der Waals surface area contributed by atoms with Gasteiger partial charge in [0.1, 0.15) is 18.2 Å². The molecule has 174 valence electrons. The third kappa shape index (κ3) is 5.38. The zero-order chi connectivity index (χ0) is 23.4. The highest BCUT2D eigenvalue weighted by Gasteiger charge is 2.20. The Morgan fingerprint density at radius 1 is 1.21 bits per heavy atom. The van der Waals surface area contributed by atoms with E-state index in [1.54, 1.807) is 12.1 Å². The van der Waals surface area contributed by atoms with E-state index >= 15 is 0 Å². The van der Waals surface area contributed by atoms with E-state index in [9.17, 15) is 9.18 Å². The Morgan fingerprint density at radius 3 is 2.76 bits per heavy atom. The highest BCUT2D eigenvalue weighted by Crippen LogP contribution is 2.37. The molecule has 8 nitrogen and oxygen atoms in total. The molecule has 11 heteroatoms. The molecule has 3 aromatic rings. The Kier molecular flexibility index (Phi) is 7.32. The van der Waals surface area contributed by atoms with Gasteiger partial charge in [0.25, 0.3) is 5.91 Å². The molecule has 0 unspecified atom stereocenters. The Morgan fingerprint density at radius 2 is 2.00 bits per heavy atom. The summed E-state index contributed by atoms with van der Waals surface area (Å²) in [6.45, 7) is 1.52. The lowest BCUT2D eigenvalue weighted by molar-refractivity contribution is -0.122. The first-order valence-electron chi connectivity index (χ1n) is 10.4. The second kappa shape index (κ2) is 10.4. The van der Waals surface area contributed by atoms with Crippen LogP contribution in [0.1, 0.15) is 12.8 Å². The molecule has 1 aliphatic heterocycles. The van der Waals surface area contributed by atoms with Crippen molar-refractivity contribution in [1.29, 1.82) is 0 Å². The number of nitrogens with zero attached hydrogens (tertiary/aromatic N) is 2. The molecule has 4 rings (SSSR count). The summed E-state index contributed by atoms with van der Waals surface area (Å²) in [6.07, 6.45) is 2.99. The summed E-state index contributed by atoms with van der Waals surface area (Å²) in [6, 6.07) is 6.38. The summed E-state index contributed by atoms with van der Waals surface area (Å²) >= 11 is 11.8. The maximum absolute atomic E-state index is 14.6. The summed E-state index contributed by atoms with van der Waals surface area (Å²) in [7, 11) is 1.53. The summed E-state index contributed by atoms with van der Waals surface area (Å²) in [5, 5.41) is 9.28. The fraction of sp³-hybridized carbons (Fsp3) is 0.318. The monoisotopic (exact) mass is 493 g/mol. The summed E-state index contributed by atoms with van der Waals surface area (Å²) < 4.78 is 26.6. The van der Waals surface area contributed by atoms with E-state index in [0.29, 0.717) is 28.2 Å². The van der Waals surface area contributed by atoms with Gasteiger partial charge in [-0.1, -0.05) is 23.2 Å². The molecule has 0 atom stereocenters. The van der Waals surface area contributed by atoms with Crippen molar-refractivity contribution < 1.29 is 18.7 Å². The number of anilines is 2. The highest BCUT2D eigenvalue weighted by molar-refractivity contribution is 6.42. The Hall–Kier alpha value is -2.88. The van der Waals surface area contributed by atoms with Gasteiger partial charge in [-0.2, -0.15) is 0 Å². The van der Waals surface area contributed by atoms with Crippen molar-refractivity contribution in [2.75, 3.05) is 32.1 Å². The molecule has 33 heavy (non-hydrogen) atoms. The van der Waals surface area contributed by atoms with Gasteiger partial charge in [0.2, 0.25) is 0 Å². The lowest BCUT2D eigenvalue weighted by atomic mass is 10.1. The number of carbonyl (C=O) groups excluding carboxylic acids is 1. The first-order valence-corrected chi connectivity index (χ1v) is 11.1. The molecule has 1 saturated heterocycles. The number of amides is 1. The molecule has 0 aliphatic carbocycles. The number of ether oxygens (including phenoxy) is 2. The zero-order valence-corrected chi connectivity index (χ0v) is 19.3. The van der Waals surface area contributed by atoms with Gasteiger partial charge in [0.15, 0.2) is 23.9 Å². The van der Waals surface area contributed by atoms with Gasteiger partial charge < -0.3 is 25.4 Å². The molecule has 0 saturated carbocycles. The van der Waals surface area contributed by atoms with Crippen molar-refractivity contribution in [3.05, 3.63) is 46.5 Å². The predicted octanol–water partition coefficient (Wildman–Crippen LogP) is 4.07. The van der Waals surface area contributed by atoms with E-state index in [2.05, 4.69) is 25.9 Å². The second-order valence-electron chi connectivity index (χ2n) is 7.42. The average molecular weight is 494 g/mol. The van der Waals surface area contributed by atoms with Crippen molar-refractivity contribution in [2.45, 2.75) is 18.9 Å². The van der Waals surface area contributed by atoms with Crippen molar-refractivity contribution in [3.8, 4) is 11.5 Å². The third-order valence-corrected chi connectivity index (χ3v) is 5.99. The standard InChI is InChI=1S/C22H22Cl2FN5O3/c1-26-19(31)10-32-17-9-16-13(8-18(17)33-12-4-6-27-7-5-12)22(29-11-28-16)30-15-3-2-14(23)20(24)21(15)25/h2-3,8-9,11-12,27H,4-7,10H2,1H3,(H,26,31)(H,28,29,30). The summed E-state index contributed by atoms with van der Waals surface area (Å²) in [4.78, 5) is 20.3. The number of hydrogen-bond donors (Lipinski definition) is 3. The van der Waals surface area contributed by atoms with E-state index in [1.165, 1.54) is 25.5 Å². The van der Waals surface area contributed by atoms with Gasteiger partial charge in [0.05, 0.1) is 21.2 Å². The van der Waals surface area contributed by atoms with Crippen LogP contribution in [0.3, 0.4) is 0 Å². The summed E-state index contributed by atoms with van der Waals surface area (Å²) in [5.74, 6) is 0.224. The molecule has 2 aromatic carbocycles. The number of benzene rings is 2.